The van der Waals surface area contributed by atoms with Crippen LogP contribution < -0.4 is 10.6 Å². The van der Waals surface area contributed by atoms with Crippen LogP contribution in [-0.4, -0.2) is 28.6 Å². The van der Waals surface area contributed by atoms with Crippen LogP contribution in [0.3, 0.4) is 0 Å². The van der Waals surface area contributed by atoms with Gasteiger partial charge in [0.25, 0.3) is 0 Å². The molecule has 2 N–H and O–H groups in total. The first-order valence-electron chi connectivity index (χ1n) is 7.57. The van der Waals surface area contributed by atoms with Crippen molar-refractivity contribution in [3.05, 3.63) is 36.0 Å². The molecule has 4 heteroatoms. The van der Waals surface area contributed by atoms with Crippen molar-refractivity contribution >= 4 is 28.4 Å². The lowest BCUT2D eigenvalue weighted by atomic mass is 10.1. The molecule has 0 atom stereocenters. The summed E-state index contributed by atoms with van der Waals surface area (Å²) in [6, 6.07) is 10.5. The summed E-state index contributed by atoms with van der Waals surface area (Å²) in [7, 11) is 0. The van der Waals surface area contributed by atoms with Crippen LogP contribution in [0.4, 0.5) is 5.69 Å². The highest BCUT2D eigenvalue weighted by molar-refractivity contribution is 8.00. The molecular weight excluding hydrogens is 278 g/mol. The van der Waals surface area contributed by atoms with Gasteiger partial charge < -0.3 is 10.6 Å². The lowest BCUT2D eigenvalue weighted by molar-refractivity contribution is 0.638. The SMILES string of the molecule is CC1(C)CCN(c2cc(CN)nc3ccccc23)CCS1. The lowest BCUT2D eigenvalue weighted by Gasteiger charge is -2.26. The Bertz CT molecular complexity index is 639. The van der Waals surface area contributed by atoms with E-state index in [4.69, 9.17) is 5.73 Å². The van der Waals surface area contributed by atoms with E-state index in [1.807, 2.05) is 6.07 Å². The number of rotatable bonds is 2. The van der Waals surface area contributed by atoms with Gasteiger partial charge in [-0.05, 0) is 18.6 Å². The third kappa shape index (κ3) is 3.16. The molecule has 1 fully saturated rings. The second kappa shape index (κ2) is 5.85. The van der Waals surface area contributed by atoms with Crippen LogP contribution in [0.5, 0.6) is 0 Å². The number of thioether (sulfide) groups is 1. The molecule has 0 radical (unpaired) electrons. The van der Waals surface area contributed by atoms with Crippen LogP contribution in [0, 0.1) is 0 Å². The van der Waals surface area contributed by atoms with Crippen LogP contribution >= 0.6 is 11.8 Å². The van der Waals surface area contributed by atoms with Gasteiger partial charge in [-0.2, -0.15) is 11.8 Å². The minimum Gasteiger partial charge on any atom is -0.370 e. The lowest BCUT2D eigenvalue weighted by Crippen LogP contribution is -2.27. The summed E-state index contributed by atoms with van der Waals surface area (Å²) in [6.07, 6.45) is 1.20. The third-order valence-corrected chi connectivity index (χ3v) is 5.51. The third-order valence-electron chi connectivity index (χ3n) is 4.14. The second-order valence-electron chi connectivity index (χ2n) is 6.20. The quantitative estimate of drug-likeness (QED) is 0.923. The molecule has 112 valence electrons. The number of nitrogens with zero attached hydrogens (tertiary/aromatic N) is 2. The van der Waals surface area contributed by atoms with Crippen molar-refractivity contribution < 1.29 is 0 Å². The maximum atomic E-state index is 5.83. The van der Waals surface area contributed by atoms with E-state index in [1.165, 1.54) is 23.2 Å². The minimum absolute atomic E-state index is 0.369. The first-order valence-corrected chi connectivity index (χ1v) is 8.55. The fraction of sp³-hybridized carbons (Fsp3) is 0.471. The molecule has 2 aromatic rings. The fourth-order valence-electron chi connectivity index (χ4n) is 2.84. The Morgan fingerprint density at radius 2 is 2.10 bits per heavy atom. The number of nitrogens with two attached hydrogens (primary N) is 1. The summed E-state index contributed by atoms with van der Waals surface area (Å²) in [5.41, 5.74) is 9.14. The number of hydrogen-bond donors (Lipinski definition) is 1. The average molecular weight is 301 g/mol. The number of pyridine rings is 1. The number of anilines is 1. The zero-order chi connectivity index (χ0) is 14.9. The van der Waals surface area contributed by atoms with Crippen LogP contribution in [0.15, 0.2) is 30.3 Å². The average Bonchev–Trinajstić information content (AvgIpc) is 2.67. The molecule has 3 rings (SSSR count). The van der Waals surface area contributed by atoms with Crippen LogP contribution in [-0.2, 0) is 6.54 Å². The molecule has 1 aliphatic heterocycles. The zero-order valence-corrected chi connectivity index (χ0v) is 13.6. The van der Waals surface area contributed by atoms with Gasteiger partial charge in [-0.1, -0.05) is 32.0 Å². The van der Waals surface area contributed by atoms with E-state index in [0.717, 1.165) is 24.3 Å². The van der Waals surface area contributed by atoms with E-state index in [9.17, 15) is 0 Å². The number of fused-ring (bicyclic) bond motifs is 1. The Morgan fingerprint density at radius 3 is 2.90 bits per heavy atom. The van der Waals surface area contributed by atoms with Gasteiger partial charge >= 0.3 is 0 Å². The molecule has 0 unspecified atom stereocenters. The number of para-hydroxylation sites is 1. The molecule has 0 amide bonds. The normalized spacial score (nSPS) is 18.7. The van der Waals surface area contributed by atoms with E-state index >= 15 is 0 Å². The van der Waals surface area contributed by atoms with Gasteiger partial charge in [-0.15, -0.1) is 0 Å². The zero-order valence-electron chi connectivity index (χ0n) is 12.8. The highest BCUT2D eigenvalue weighted by Crippen LogP contribution is 2.34. The van der Waals surface area contributed by atoms with Crippen molar-refractivity contribution in [2.75, 3.05) is 23.7 Å². The largest absolute Gasteiger partial charge is 0.370 e. The smallest absolute Gasteiger partial charge is 0.0726 e. The molecule has 1 aromatic heterocycles. The van der Waals surface area contributed by atoms with Gasteiger partial charge in [-0.3, -0.25) is 4.98 Å². The summed E-state index contributed by atoms with van der Waals surface area (Å²) < 4.78 is 0.369. The second-order valence-corrected chi connectivity index (χ2v) is 8.00. The standard InChI is InChI=1S/C17H23N3S/c1-17(2)7-8-20(9-10-21-17)16-11-13(12-18)19-15-6-4-3-5-14(15)16/h3-6,11H,7-10,12,18H2,1-2H3. The van der Waals surface area contributed by atoms with Gasteiger partial charge in [-0.25, -0.2) is 0 Å². The van der Waals surface area contributed by atoms with Crippen LogP contribution in [0.25, 0.3) is 10.9 Å². The van der Waals surface area contributed by atoms with Gasteiger partial charge in [0, 0.05) is 41.2 Å². The Hall–Kier alpha value is -1.26. The van der Waals surface area contributed by atoms with Gasteiger partial charge in [0.2, 0.25) is 0 Å². The van der Waals surface area contributed by atoms with Gasteiger partial charge in [0.15, 0.2) is 0 Å². The minimum atomic E-state index is 0.369. The summed E-state index contributed by atoms with van der Waals surface area (Å²) in [6.45, 7) is 7.37. The molecule has 1 saturated heterocycles. The summed E-state index contributed by atoms with van der Waals surface area (Å²) in [5, 5.41) is 1.24. The molecule has 21 heavy (non-hydrogen) atoms. The topological polar surface area (TPSA) is 42.1 Å². The monoisotopic (exact) mass is 301 g/mol. The Balaban J connectivity index is 2.02. The molecule has 0 aliphatic carbocycles. The number of benzene rings is 1. The highest BCUT2D eigenvalue weighted by atomic mass is 32.2. The van der Waals surface area contributed by atoms with Crippen molar-refractivity contribution in [1.29, 1.82) is 0 Å². The molecule has 2 heterocycles. The van der Waals surface area contributed by atoms with Crippen molar-refractivity contribution in [3.8, 4) is 0 Å². The Kier molecular flexibility index (Phi) is 4.09. The molecular formula is C17H23N3S. The van der Waals surface area contributed by atoms with Gasteiger partial charge in [0.05, 0.1) is 11.2 Å². The maximum Gasteiger partial charge on any atom is 0.0726 e. The van der Waals surface area contributed by atoms with Crippen molar-refractivity contribution in [2.24, 2.45) is 5.73 Å². The molecule has 0 bridgehead atoms. The van der Waals surface area contributed by atoms with E-state index in [0.29, 0.717) is 11.3 Å². The summed E-state index contributed by atoms with van der Waals surface area (Å²) >= 11 is 2.07. The van der Waals surface area contributed by atoms with Crippen LogP contribution in [0.1, 0.15) is 26.0 Å². The maximum absolute atomic E-state index is 5.83. The molecule has 3 nitrogen and oxygen atoms in total. The van der Waals surface area contributed by atoms with Crippen molar-refractivity contribution in [2.45, 2.75) is 31.6 Å². The molecule has 0 spiro atoms. The number of aromatic nitrogens is 1. The molecule has 1 aromatic carbocycles. The molecule has 0 saturated carbocycles. The van der Waals surface area contributed by atoms with Crippen molar-refractivity contribution in [1.82, 2.24) is 4.98 Å². The van der Waals surface area contributed by atoms with E-state index in [2.05, 4.69) is 59.8 Å². The number of hydrogen-bond acceptors (Lipinski definition) is 4. The Labute approximate surface area is 130 Å². The molecule has 1 aliphatic rings. The van der Waals surface area contributed by atoms with Crippen molar-refractivity contribution in [3.63, 3.8) is 0 Å². The predicted molar refractivity (Wildman–Crippen MR) is 93.0 cm³/mol. The summed E-state index contributed by atoms with van der Waals surface area (Å²) in [5.74, 6) is 1.17. The van der Waals surface area contributed by atoms with Gasteiger partial charge in [0.1, 0.15) is 0 Å². The van der Waals surface area contributed by atoms with E-state index in [-0.39, 0.29) is 0 Å². The van der Waals surface area contributed by atoms with E-state index < -0.39 is 0 Å². The predicted octanol–water partition coefficient (Wildman–Crippen LogP) is 3.42. The van der Waals surface area contributed by atoms with Crippen LogP contribution in [0.2, 0.25) is 0 Å². The highest BCUT2D eigenvalue weighted by Gasteiger charge is 2.24. The Morgan fingerprint density at radius 1 is 1.29 bits per heavy atom. The van der Waals surface area contributed by atoms with E-state index in [1.54, 1.807) is 0 Å². The first kappa shape index (κ1) is 14.7. The summed E-state index contributed by atoms with van der Waals surface area (Å²) in [4.78, 5) is 7.15. The fourth-order valence-corrected chi connectivity index (χ4v) is 3.94. The first-order chi connectivity index (χ1) is 10.1.